The third-order valence-corrected chi connectivity index (χ3v) is 5.33. The van der Waals surface area contributed by atoms with Crippen molar-refractivity contribution in [3.05, 3.63) is 43.2 Å². The Morgan fingerprint density at radius 1 is 1.00 bits per heavy atom. The highest BCUT2D eigenvalue weighted by atomic mass is 15.3. The monoisotopic (exact) mass is 321 g/mol. The Kier molecular flexibility index (Phi) is 3.11. The molecule has 2 unspecified atom stereocenters. The molecular formula is C17H19N7. The first-order valence-electron chi connectivity index (χ1n) is 8.46. The summed E-state index contributed by atoms with van der Waals surface area (Å²) in [5.74, 6) is 2.80. The van der Waals surface area contributed by atoms with Gasteiger partial charge in [-0.15, -0.1) is 0 Å². The first-order valence-corrected chi connectivity index (χ1v) is 8.46. The van der Waals surface area contributed by atoms with Crippen LogP contribution in [-0.2, 0) is 0 Å². The molecule has 3 aromatic rings. The van der Waals surface area contributed by atoms with Crippen LogP contribution in [0, 0.1) is 5.92 Å². The number of aromatic nitrogens is 5. The number of piperidine rings is 1. The minimum Gasteiger partial charge on any atom is -0.354 e. The molecule has 5 heterocycles. The maximum atomic E-state index is 4.67. The summed E-state index contributed by atoms with van der Waals surface area (Å²) in [4.78, 5) is 18.0. The van der Waals surface area contributed by atoms with E-state index >= 15 is 0 Å². The van der Waals surface area contributed by atoms with E-state index in [1.165, 1.54) is 12.8 Å². The zero-order valence-electron chi connectivity index (χ0n) is 13.4. The van der Waals surface area contributed by atoms with Crippen LogP contribution in [0.15, 0.2) is 43.2 Å². The molecule has 0 saturated carbocycles. The van der Waals surface area contributed by atoms with Gasteiger partial charge in [0.25, 0.3) is 0 Å². The highest BCUT2D eigenvalue weighted by molar-refractivity contribution is 5.69. The van der Waals surface area contributed by atoms with Gasteiger partial charge in [0.1, 0.15) is 17.7 Å². The van der Waals surface area contributed by atoms with Crippen LogP contribution in [0.1, 0.15) is 12.8 Å². The molecule has 0 radical (unpaired) electrons. The predicted molar refractivity (Wildman–Crippen MR) is 91.1 cm³/mol. The molecule has 7 nitrogen and oxygen atoms in total. The maximum absolute atomic E-state index is 4.67. The Bertz CT molecular complexity index is 846. The van der Waals surface area contributed by atoms with E-state index in [0.717, 1.165) is 42.7 Å². The minimum atomic E-state index is 0.474. The lowest BCUT2D eigenvalue weighted by Crippen LogP contribution is -2.49. The average Bonchev–Trinajstić information content (AvgIpc) is 3.28. The number of fused-ring (bicyclic) bond motifs is 2. The number of rotatable bonds is 2. The molecule has 0 spiro atoms. The molecule has 0 N–H and O–H groups in total. The third-order valence-electron chi connectivity index (χ3n) is 5.33. The van der Waals surface area contributed by atoms with Crippen molar-refractivity contribution >= 4 is 17.2 Å². The molecule has 2 aliphatic heterocycles. The molecule has 0 aromatic carbocycles. The highest BCUT2D eigenvalue weighted by Gasteiger charge is 2.39. The molecule has 2 aliphatic rings. The van der Waals surface area contributed by atoms with E-state index < -0.39 is 0 Å². The van der Waals surface area contributed by atoms with Gasteiger partial charge in [0, 0.05) is 38.2 Å². The van der Waals surface area contributed by atoms with Crippen LogP contribution in [-0.4, -0.2) is 50.2 Å². The standard InChI is InChI=1S/C17H19N7/c1-6-21-24-10-7-19-17(14(1)24)23-9-4-13-3-8-22(11-15(13)23)16-2-5-18-12-20-16/h1-2,5-7,10,12-13,15H,3-4,8-9,11H2. The van der Waals surface area contributed by atoms with Gasteiger partial charge in [-0.25, -0.2) is 19.5 Å². The van der Waals surface area contributed by atoms with Gasteiger partial charge in [0.15, 0.2) is 5.82 Å². The molecule has 2 fully saturated rings. The lowest BCUT2D eigenvalue weighted by atomic mass is 9.92. The van der Waals surface area contributed by atoms with Crippen molar-refractivity contribution < 1.29 is 0 Å². The van der Waals surface area contributed by atoms with Crippen LogP contribution in [0.25, 0.3) is 5.52 Å². The van der Waals surface area contributed by atoms with Gasteiger partial charge in [0.05, 0.1) is 12.2 Å². The summed E-state index contributed by atoms with van der Waals surface area (Å²) in [5.41, 5.74) is 1.08. The fourth-order valence-corrected chi connectivity index (χ4v) is 4.15. The molecule has 0 bridgehead atoms. The van der Waals surface area contributed by atoms with Crippen molar-refractivity contribution in [1.29, 1.82) is 0 Å². The Labute approximate surface area is 140 Å². The predicted octanol–water partition coefficient (Wildman–Crippen LogP) is 1.62. The van der Waals surface area contributed by atoms with E-state index in [-0.39, 0.29) is 0 Å². The van der Waals surface area contributed by atoms with Gasteiger partial charge in [-0.3, -0.25) is 0 Å². The van der Waals surface area contributed by atoms with Crippen LogP contribution >= 0.6 is 0 Å². The molecular weight excluding hydrogens is 302 g/mol. The molecule has 5 rings (SSSR count). The highest BCUT2D eigenvalue weighted by Crippen LogP contribution is 2.36. The first-order chi connectivity index (χ1) is 11.9. The molecule has 24 heavy (non-hydrogen) atoms. The zero-order valence-corrected chi connectivity index (χ0v) is 13.4. The van der Waals surface area contributed by atoms with Gasteiger partial charge >= 0.3 is 0 Å². The molecule has 3 aromatic heterocycles. The van der Waals surface area contributed by atoms with Crippen molar-refractivity contribution in [3.8, 4) is 0 Å². The number of hydrogen-bond acceptors (Lipinski definition) is 6. The summed E-state index contributed by atoms with van der Waals surface area (Å²) in [5, 5.41) is 4.34. The Hall–Kier alpha value is -2.70. The SMILES string of the molecule is c1cc(N2CCC3CCN(c4nccn5nccc45)C3C2)ncn1. The second kappa shape index (κ2) is 5.43. The van der Waals surface area contributed by atoms with E-state index in [1.54, 1.807) is 6.33 Å². The third kappa shape index (κ3) is 2.11. The molecule has 0 amide bonds. The summed E-state index contributed by atoms with van der Waals surface area (Å²) >= 11 is 0. The van der Waals surface area contributed by atoms with Gasteiger partial charge in [-0.2, -0.15) is 5.10 Å². The molecule has 0 aliphatic carbocycles. The normalized spacial score (nSPS) is 23.7. The zero-order chi connectivity index (χ0) is 15.9. The Balaban J connectivity index is 1.47. The van der Waals surface area contributed by atoms with Crippen molar-refractivity contribution in [1.82, 2.24) is 24.6 Å². The number of nitrogens with zero attached hydrogens (tertiary/aromatic N) is 7. The second-order valence-corrected chi connectivity index (χ2v) is 6.52. The van der Waals surface area contributed by atoms with Crippen LogP contribution in [0.2, 0.25) is 0 Å². The number of hydrogen-bond donors (Lipinski definition) is 0. The summed E-state index contributed by atoms with van der Waals surface area (Å²) < 4.78 is 1.90. The quantitative estimate of drug-likeness (QED) is 0.715. The minimum absolute atomic E-state index is 0.474. The van der Waals surface area contributed by atoms with Crippen LogP contribution < -0.4 is 9.80 Å². The topological polar surface area (TPSA) is 62.5 Å². The molecule has 7 heteroatoms. The maximum Gasteiger partial charge on any atom is 0.155 e. The second-order valence-electron chi connectivity index (χ2n) is 6.52. The van der Waals surface area contributed by atoms with Crippen molar-refractivity contribution in [2.24, 2.45) is 5.92 Å². The fourth-order valence-electron chi connectivity index (χ4n) is 4.15. The van der Waals surface area contributed by atoms with E-state index in [1.807, 2.05) is 41.4 Å². The summed E-state index contributed by atoms with van der Waals surface area (Å²) in [6.07, 6.45) is 11.5. The van der Waals surface area contributed by atoms with Crippen molar-refractivity contribution in [3.63, 3.8) is 0 Å². The van der Waals surface area contributed by atoms with Crippen LogP contribution in [0.3, 0.4) is 0 Å². The van der Waals surface area contributed by atoms with Gasteiger partial charge in [-0.1, -0.05) is 0 Å². The molecule has 2 saturated heterocycles. The summed E-state index contributed by atoms with van der Waals surface area (Å²) in [6.45, 7) is 3.11. The van der Waals surface area contributed by atoms with Crippen molar-refractivity contribution in [2.45, 2.75) is 18.9 Å². The summed E-state index contributed by atoms with van der Waals surface area (Å²) in [7, 11) is 0. The van der Waals surface area contributed by atoms with Crippen LogP contribution in [0.4, 0.5) is 11.6 Å². The Morgan fingerprint density at radius 2 is 1.96 bits per heavy atom. The van der Waals surface area contributed by atoms with Gasteiger partial charge < -0.3 is 9.80 Å². The smallest absolute Gasteiger partial charge is 0.155 e. The Morgan fingerprint density at radius 3 is 2.88 bits per heavy atom. The van der Waals surface area contributed by atoms with E-state index in [9.17, 15) is 0 Å². The van der Waals surface area contributed by atoms with Crippen LogP contribution in [0.5, 0.6) is 0 Å². The number of anilines is 2. The van der Waals surface area contributed by atoms with E-state index in [0.29, 0.717) is 6.04 Å². The molecule has 2 atom stereocenters. The largest absolute Gasteiger partial charge is 0.354 e. The summed E-state index contributed by atoms with van der Waals surface area (Å²) in [6, 6.07) is 4.51. The van der Waals surface area contributed by atoms with Gasteiger partial charge in [0.2, 0.25) is 0 Å². The van der Waals surface area contributed by atoms with Crippen molar-refractivity contribution in [2.75, 3.05) is 29.4 Å². The van der Waals surface area contributed by atoms with Gasteiger partial charge in [-0.05, 0) is 30.9 Å². The lowest BCUT2D eigenvalue weighted by Gasteiger charge is -2.39. The van der Waals surface area contributed by atoms with E-state index in [2.05, 4.69) is 29.9 Å². The van der Waals surface area contributed by atoms with E-state index in [4.69, 9.17) is 0 Å². The fraction of sp³-hybridized carbons (Fsp3) is 0.412. The average molecular weight is 321 g/mol. The lowest BCUT2D eigenvalue weighted by molar-refractivity contribution is 0.388. The molecule has 122 valence electrons. The first kappa shape index (κ1) is 13.7.